The lowest BCUT2D eigenvalue weighted by Gasteiger charge is -2.02. The molecule has 3 aromatic rings. The first-order chi connectivity index (χ1) is 9.24. The molecule has 0 saturated carbocycles. The van der Waals surface area contributed by atoms with Crippen LogP contribution in [-0.4, -0.2) is 9.97 Å². The van der Waals surface area contributed by atoms with Crippen molar-refractivity contribution in [3.63, 3.8) is 0 Å². The highest BCUT2D eigenvalue weighted by Gasteiger charge is 2.22. The van der Waals surface area contributed by atoms with E-state index in [-0.39, 0.29) is 0 Å². The summed E-state index contributed by atoms with van der Waals surface area (Å²) in [4.78, 5) is 11.5. The van der Waals surface area contributed by atoms with Gasteiger partial charge in [0, 0.05) is 4.88 Å². The Bertz CT molecular complexity index is 787. The minimum absolute atomic E-state index is 0.579. The largest absolute Gasteiger partial charge is 0.461 e. The van der Waals surface area contributed by atoms with Crippen LogP contribution in [0.2, 0.25) is 0 Å². The summed E-state index contributed by atoms with van der Waals surface area (Å²) in [5.74, 6) is 1.88. The number of rotatable bonds is 1. The van der Waals surface area contributed by atoms with Gasteiger partial charge in [-0.3, -0.25) is 0 Å². The number of anilines is 1. The van der Waals surface area contributed by atoms with Crippen molar-refractivity contribution in [2.24, 2.45) is 0 Å². The first-order valence-corrected chi connectivity index (χ1v) is 7.18. The third-order valence-corrected chi connectivity index (χ3v) is 4.84. The molecule has 2 N–H and O–H groups in total. The Morgan fingerprint density at radius 1 is 1.32 bits per heavy atom. The van der Waals surface area contributed by atoms with E-state index in [2.05, 4.69) is 9.97 Å². The number of nitrogens with two attached hydrogens (primary N) is 1. The van der Waals surface area contributed by atoms with Crippen LogP contribution in [0.25, 0.3) is 21.8 Å². The number of hydrogen-bond donors (Lipinski definition) is 1. The van der Waals surface area contributed by atoms with Crippen LogP contribution < -0.4 is 5.73 Å². The van der Waals surface area contributed by atoms with Gasteiger partial charge in [0.1, 0.15) is 10.6 Å². The van der Waals surface area contributed by atoms with Gasteiger partial charge in [0.05, 0.1) is 11.6 Å². The molecule has 0 bridgehead atoms. The first kappa shape index (κ1) is 11.0. The number of fused-ring (bicyclic) bond motifs is 3. The molecule has 19 heavy (non-hydrogen) atoms. The number of furan rings is 1. The van der Waals surface area contributed by atoms with Crippen LogP contribution in [-0.2, 0) is 12.8 Å². The molecule has 0 radical (unpaired) electrons. The lowest BCUT2D eigenvalue weighted by atomic mass is 10.2. The van der Waals surface area contributed by atoms with E-state index in [1.807, 2.05) is 13.0 Å². The summed E-state index contributed by atoms with van der Waals surface area (Å²) in [6, 6.07) is 1.91. The molecular weight excluding hydrogens is 258 g/mol. The second-order valence-electron chi connectivity index (χ2n) is 4.90. The molecule has 0 fully saturated rings. The first-order valence-electron chi connectivity index (χ1n) is 6.36. The minimum Gasteiger partial charge on any atom is -0.461 e. The van der Waals surface area contributed by atoms with Gasteiger partial charge >= 0.3 is 0 Å². The fraction of sp³-hybridized carbons (Fsp3) is 0.286. The van der Waals surface area contributed by atoms with Gasteiger partial charge in [-0.05, 0) is 43.4 Å². The summed E-state index contributed by atoms with van der Waals surface area (Å²) < 4.78 is 5.46. The predicted molar refractivity (Wildman–Crippen MR) is 76.3 cm³/mol. The maximum Gasteiger partial charge on any atom is 0.199 e. The molecule has 0 amide bonds. The number of nitrogens with zero attached hydrogens (tertiary/aromatic N) is 2. The fourth-order valence-electron chi connectivity index (χ4n) is 2.73. The standard InChI is InChI=1S/C14H13N3OS/c1-7-5-6-18-11(7)13-16-12(15)10-8-3-2-4-9(8)19-14(10)17-13/h5-6H,2-4H2,1H3,(H2,15,16,17). The van der Waals surface area contributed by atoms with Gasteiger partial charge in [-0.25, -0.2) is 9.97 Å². The Labute approximate surface area is 114 Å². The average molecular weight is 271 g/mol. The highest BCUT2D eigenvalue weighted by molar-refractivity contribution is 7.19. The topological polar surface area (TPSA) is 64.9 Å². The van der Waals surface area contributed by atoms with E-state index in [1.54, 1.807) is 17.6 Å². The molecule has 4 rings (SSSR count). The molecule has 96 valence electrons. The van der Waals surface area contributed by atoms with Crippen molar-refractivity contribution in [2.45, 2.75) is 26.2 Å². The van der Waals surface area contributed by atoms with Crippen LogP contribution in [0.1, 0.15) is 22.4 Å². The maximum atomic E-state index is 6.14. The zero-order chi connectivity index (χ0) is 13.0. The van der Waals surface area contributed by atoms with E-state index >= 15 is 0 Å². The van der Waals surface area contributed by atoms with E-state index < -0.39 is 0 Å². The summed E-state index contributed by atoms with van der Waals surface area (Å²) in [5, 5.41) is 1.06. The van der Waals surface area contributed by atoms with Crippen LogP contribution in [0.3, 0.4) is 0 Å². The summed E-state index contributed by atoms with van der Waals surface area (Å²) in [6.07, 6.45) is 5.12. The molecule has 0 spiro atoms. The van der Waals surface area contributed by atoms with Gasteiger partial charge in [0.2, 0.25) is 0 Å². The number of hydrogen-bond acceptors (Lipinski definition) is 5. The number of aromatic nitrogens is 2. The highest BCUT2D eigenvalue weighted by Crippen LogP contribution is 2.39. The Hall–Kier alpha value is -1.88. The van der Waals surface area contributed by atoms with Crippen LogP contribution in [0, 0.1) is 6.92 Å². The van der Waals surface area contributed by atoms with Crippen molar-refractivity contribution in [1.29, 1.82) is 0 Å². The Morgan fingerprint density at radius 3 is 3.00 bits per heavy atom. The Morgan fingerprint density at radius 2 is 2.21 bits per heavy atom. The molecule has 3 heterocycles. The molecule has 3 aromatic heterocycles. The van der Waals surface area contributed by atoms with Crippen molar-refractivity contribution in [3.8, 4) is 11.6 Å². The monoisotopic (exact) mass is 271 g/mol. The van der Waals surface area contributed by atoms with Crippen LogP contribution in [0.15, 0.2) is 16.7 Å². The Balaban J connectivity index is 1.99. The van der Waals surface area contributed by atoms with Gasteiger partial charge in [-0.1, -0.05) is 0 Å². The third kappa shape index (κ3) is 1.51. The van der Waals surface area contributed by atoms with E-state index in [9.17, 15) is 0 Å². The number of aryl methyl sites for hydroxylation is 3. The molecule has 0 unspecified atom stereocenters. The van der Waals surface area contributed by atoms with Gasteiger partial charge < -0.3 is 10.2 Å². The molecule has 1 aliphatic carbocycles. The summed E-state index contributed by atoms with van der Waals surface area (Å²) in [5.41, 5.74) is 8.54. The van der Waals surface area contributed by atoms with Crippen molar-refractivity contribution in [3.05, 3.63) is 28.3 Å². The zero-order valence-electron chi connectivity index (χ0n) is 10.6. The van der Waals surface area contributed by atoms with Crippen molar-refractivity contribution < 1.29 is 4.42 Å². The lowest BCUT2D eigenvalue weighted by molar-refractivity contribution is 0.576. The minimum atomic E-state index is 0.579. The van der Waals surface area contributed by atoms with Crippen molar-refractivity contribution in [2.75, 3.05) is 5.73 Å². The second-order valence-corrected chi connectivity index (χ2v) is 5.99. The average Bonchev–Trinajstić information content (AvgIpc) is 3.02. The molecular formula is C14H13N3OS. The molecule has 0 aliphatic heterocycles. The van der Waals surface area contributed by atoms with Gasteiger partial charge in [0.15, 0.2) is 11.6 Å². The zero-order valence-corrected chi connectivity index (χ0v) is 11.4. The SMILES string of the molecule is Cc1ccoc1-c1nc(N)c2c3c(sc2n1)CCC3. The van der Waals surface area contributed by atoms with Gasteiger partial charge in [-0.15, -0.1) is 11.3 Å². The lowest BCUT2D eigenvalue weighted by Crippen LogP contribution is -1.97. The maximum absolute atomic E-state index is 6.14. The summed E-state index contributed by atoms with van der Waals surface area (Å²) >= 11 is 1.75. The molecule has 0 saturated heterocycles. The van der Waals surface area contributed by atoms with E-state index in [1.165, 1.54) is 16.9 Å². The van der Waals surface area contributed by atoms with Crippen LogP contribution in [0.4, 0.5) is 5.82 Å². The number of nitrogen functional groups attached to an aromatic ring is 1. The normalized spacial score (nSPS) is 14.2. The second kappa shape index (κ2) is 3.81. The van der Waals surface area contributed by atoms with Crippen molar-refractivity contribution in [1.82, 2.24) is 9.97 Å². The number of thiophene rings is 1. The smallest absolute Gasteiger partial charge is 0.199 e. The van der Waals surface area contributed by atoms with Crippen LogP contribution >= 0.6 is 11.3 Å². The highest BCUT2D eigenvalue weighted by atomic mass is 32.1. The van der Waals surface area contributed by atoms with Crippen molar-refractivity contribution >= 4 is 27.4 Å². The fourth-order valence-corrected chi connectivity index (χ4v) is 4.00. The molecule has 1 aliphatic rings. The summed E-state index contributed by atoms with van der Waals surface area (Å²) in [6.45, 7) is 1.98. The predicted octanol–water partition coefficient (Wildman–Crippen LogP) is 3.33. The summed E-state index contributed by atoms with van der Waals surface area (Å²) in [7, 11) is 0. The van der Waals surface area contributed by atoms with E-state index in [4.69, 9.17) is 10.2 Å². The quantitative estimate of drug-likeness (QED) is 0.737. The van der Waals surface area contributed by atoms with E-state index in [0.717, 1.165) is 28.6 Å². The van der Waals surface area contributed by atoms with Gasteiger partial charge in [-0.2, -0.15) is 0 Å². The van der Waals surface area contributed by atoms with E-state index in [0.29, 0.717) is 17.4 Å². The molecule has 0 atom stereocenters. The Kier molecular flexibility index (Phi) is 2.20. The molecule has 4 nitrogen and oxygen atoms in total. The molecule has 0 aromatic carbocycles. The third-order valence-electron chi connectivity index (χ3n) is 3.66. The van der Waals surface area contributed by atoms with Gasteiger partial charge in [0.25, 0.3) is 0 Å². The molecule has 5 heteroatoms. The van der Waals surface area contributed by atoms with Crippen LogP contribution in [0.5, 0.6) is 0 Å².